The highest BCUT2D eigenvalue weighted by Crippen LogP contribution is 2.49. The van der Waals surface area contributed by atoms with Gasteiger partial charge < -0.3 is 0 Å². The summed E-state index contributed by atoms with van der Waals surface area (Å²) in [7, 11) is 0. The first-order valence-electron chi connectivity index (χ1n) is 8.09. The molecule has 2 aliphatic rings. The van der Waals surface area contributed by atoms with E-state index in [1.807, 2.05) is 12.1 Å². The van der Waals surface area contributed by atoms with Gasteiger partial charge in [-0.05, 0) is 28.9 Å². The zero-order valence-electron chi connectivity index (χ0n) is 12.9. The highest BCUT2D eigenvalue weighted by atomic mass is 32.2. The Morgan fingerprint density at radius 2 is 1.57 bits per heavy atom. The first-order chi connectivity index (χ1) is 11.3. The van der Waals surface area contributed by atoms with Crippen LogP contribution in [0.25, 0.3) is 4.91 Å². The van der Waals surface area contributed by atoms with Gasteiger partial charge in [0.2, 0.25) is 0 Å². The van der Waals surface area contributed by atoms with E-state index in [0.29, 0.717) is 12.2 Å². The Morgan fingerprint density at radius 3 is 2.30 bits per heavy atom. The molecule has 1 atom stereocenters. The van der Waals surface area contributed by atoms with E-state index in [1.165, 1.54) is 20.9 Å². The fourth-order valence-corrected chi connectivity index (χ4v) is 4.69. The third kappa shape index (κ3) is 2.79. The van der Waals surface area contributed by atoms with E-state index >= 15 is 0 Å². The van der Waals surface area contributed by atoms with Crippen molar-refractivity contribution in [3.05, 3.63) is 88.3 Å². The number of benzene rings is 2. The first-order valence-corrected chi connectivity index (χ1v) is 8.91. The summed E-state index contributed by atoms with van der Waals surface area (Å²) in [5.41, 5.74) is 3.49. The Balaban J connectivity index is 1.83. The van der Waals surface area contributed by atoms with Gasteiger partial charge in [0.1, 0.15) is 0 Å². The molecule has 1 aliphatic heterocycles. The maximum atomic E-state index is 12.6. The maximum Gasteiger partial charge on any atom is 0.160 e. The zero-order chi connectivity index (χ0) is 15.6. The average Bonchev–Trinajstić information content (AvgIpc) is 2.62. The van der Waals surface area contributed by atoms with Crippen molar-refractivity contribution in [2.24, 2.45) is 0 Å². The largest absolute Gasteiger partial charge is 0.294 e. The Hall–Kier alpha value is -2.06. The molecule has 0 saturated heterocycles. The number of hydrogen-bond donors (Lipinski definition) is 0. The van der Waals surface area contributed by atoms with E-state index in [9.17, 15) is 4.79 Å². The van der Waals surface area contributed by atoms with Gasteiger partial charge >= 0.3 is 0 Å². The van der Waals surface area contributed by atoms with Gasteiger partial charge in [0.25, 0.3) is 0 Å². The summed E-state index contributed by atoms with van der Waals surface area (Å²) in [6.45, 7) is 0. The smallest absolute Gasteiger partial charge is 0.160 e. The highest BCUT2D eigenvalue weighted by molar-refractivity contribution is 8.11. The summed E-state index contributed by atoms with van der Waals surface area (Å²) in [4.78, 5) is 15.1. The molecule has 0 spiro atoms. The van der Waals surface area contributed by atoms with E-state index in [-0.39, 0.29) is 5.92 Å². The molecule has 4 rings (SSSR count). The third-order valence-corrected chi connectivity index (χ3v) is 5.75. The molecule has 1 unspecified atom stereocenters. The molecule has 1 nitrogen and oxygen atoms in total. The summed E-state index contributed by atoms with van der Waals surface area (Å²) >= 11 is 1.79. The second kappa shape index (κ2) is 6.21. The number of carbonyl (C=O) groups is 1. The van der Waals surface area contributed by atoms with Crippen molar-refractivity contribution in [3.8, 4) is 0 Å². The van der Waals surface area contributed by atoms with E-state index in [0.717, 1.165) is 18.4 Å². The molecule has 23 heavy (non-hydrogen) atoms. The number of thioether (sulfide) groups is 1. The number of allylic oxidation sites excluding steroid dienone is 3. The van der Waals surface area contributed by atoms with Crippen LogP contribution < -0.4 is 0 Å². The van der Waals surface area contributed by atoms with Crippen molar-refractivity contribution < 1.29 is 4.79 Å². The molecule has 1 heterocycles. The van der Waals surface area contributed by atoms with Gasteiger partial charge in [-0.15, -0.1) is 0 Å². The molecule has 114 valence electrons. The van der Waals surface area contributed by atoms with Gasteiger partial charge in [-0.2, -0.15) is 0 Å². The van der Waals surface area contributed by atoms with E-state index < -0.39 is 0 Å². The zero-order valence-corrected chi connectivity index (χ0v) is 13.7. The standard InChI is InChI=1S/C21H18OS/c22-18-12-7-13-19-21(18)17(15-8-3-1-4-9-15)14-20(23-19)16-10-5-2-6-11-16/h1-6,8-11,14,17H,7,12-13H2. The van der Waals surface area contributed by atoms with Gasteiger partial charge in [-0.1, -0.05) is 78.5 Å². The Kier molecular flexibility index (Phi) is 3.92. The summed E-state index contributed by atoms with van der Waals surface area (Å²) in [6, 6.07) is 20.9. The number of hydrogen-bond acceptors (Lipinski definition) is 2. The molecule has 0 aromatic heterocycles. The fraction of sp³-hybridized carbons (Fsp3) is 0.190. The van der Waals surface area contributed by atoms with Crippen molar-refractivity contribution in [2.75, 3.05) is 0 Å². The Bertz CT molecular complexity index is 787. The monoisotopic (exact) mass is 318 g/mol. The van der Waals surface area contributed by atoms with Crippen LogP contribution in [0.15, 0.2) is 77.2 Å². The predicted molar refractivity (Wildman–Crippen MR) is 97.1 cm³/mol. The number of Topliss-reactive ketones (excluding diaryl/α,β-unsaturated/α-hetero) is 1. The lowest BCUT2D eigenvalue weighted by Gasteiger charge is -2.30. The van der Waals surface area contributed by atoms with Crippen LogP contribution in [0.3, 0.4) is 0 Å². The maximum absolute atomic E-state index is 12.6. The minimum atomic E-state index is 0.0930. The van der Waals surface area contributed by atoms with Gasteiger partial charge in [0.05, 0.1) is 0 Å². The van der Waals surface area contributed by atoms with Crippen molar-refractivity contribution in [2.45, 2.75) is 25.2 Å². The first kappa shape index (κ1) is 14.5. The van der Waals surface area contributed by atoms with Gasteiger partial charge in [0.15, 0.2) is 5.78 Å². The molecule has 0 radical (unpaired) electrons. The lowest BCUT2D eigenvalue weighted by Crippen LogP contribution is -2.18. The Morgan fingerprint density at radius 1 is 0.870 bits per heavy atom. The topological polar surface area (TPSA) is 17.1 Å². The summed E-state index contributed by atoms with van der Waals surface area (Å²) in [5.74, 6) is 0.423. The molecule has 2 aromatic carbocycles. The molecular weight excluding hydrogens is 300 g/mol. The lowest BCUT2D eigenvalue weighted by atomic mass is 9.82. The summed E-state index contributed by atoms with van der Waals surface area (Å²) in [6.07, 6.45) is 4.97. The van der Waals surface area contributed by atoms with Crippen molar-refractivity contribution in [3.63, 3.8) is 0 Å². The van der Waals surface area contributed by atoms with Crippen LogP contribution >= 0.6 is 11.8 Å². The van der Waals surface area contributed by atoms with Gasteiger partial charge in [-0.25, -0.2) is 0 Å². The number of ketones is 1. The fourth-order valence-electron chi connectivity index (χ4n) is 3.37. The normalized spacial score (nSPS) is 21.0. The molecule has 0 saturated carbocycles. The SMILES string of the molecule is O=C1CCCC2=C1C(c1ccccc1)C=C(c1ccccc1)S2. The summed E-state index contributed by atoms with van der Waals surface area (Å²) in [5, 5.41) is 0. The van der Waals surface area contributed by atoms with Crippen LogP contribution in [0.5, 0.6) is 0 Å². The molecule has 0 fully saturated rings. The van der Waals surface area contributed by atoms with Crippen LogP contribution in [0.2, 0.25) is 0 Å². The van der Waals surface area contributed by atoms with Gasteiger partial charge in [-0.3, -0.25) is 4.79 Å². The van der Waals surface area contributed by atoms with Gasteiger partial charge in [0, 0.05) is 22.8 Å². The van der Waals surface area contributed by atoms with Crippen molar-refractivity contribution in [1.29, 1.82) is 0 Å². The highest BCUT2D eigenvalue weighted by Gasteiger charge is 2.32. The number of carbonyl (C=O) groups excluding carboxylic acids is 1. The van der Waals surface area contributed by atoms with Crippen LogP contribution in [0.4, 0.5) is 0 Å². The minimum Gasteiger partial charge on any atom is -0.294 e. The number of rotatable bonds is 2. The second-order valence-electron chi connectivity index (χ2n) is 6.00. The molecule has 2 heteroatoms. The quantitative estimate of drug-likeness (QED) is 0.720. The van der Waals surface area contributed by atoms with Crippen LogP contribution in [0.1, 0.15) is 36.3 Å². The average molecular weight is 318 g/mol. The van der Waals surface area contributed by atoms with E-state index in [4.69, 9.17) is 0 Å². The Labute approximate surface area is 141 Å². The van der Waals surface area contributed by atoms with Crippen LogP contribution in [-0.4, -0.2) is 5.78 Å². The van der Waals surface area contributed by atoms with E-state index in [1.54, 1.807) is 11.8 Å². The van der Waals surface area contributed by atoms with Crippen molar-refractivity contribution in [1.82, 2.24) is 0 Å². The van der Waals surface area contributed by atoms with E-state index in [2.05, 4.69) is 54.6 Å². The lowest BCUT2D eigenvalue weighted by molar-refractivity contribution is -0.116. The van der Waals surface area contributed by atoms with Crippen molar-refractivity contribution >= 4 is 22.5 Å². The second-order valence-corrected chi connectivity index (χ2v) is 7.14. The third-order valence-electron chi connectivity index (χ3n) is 4.49. The predicted octanol–water partition coefficient (Wildman–Crippen LogP) is 5.57. The molecule has 1 aliphatic carbocycles. The minimum absolute atomic E-state index is 0.0930. The molecule has 0 amide bonds. The summed E-state index contributed by atoms with van der Waals surface area (Å²) < 4.78 is 0. The molecule has 0 bridgehead atoms. The van der Waals surface area contributed by atoms with Crippen LogP contribution in [-0.2, 0) is 4.79 Å². The molecule has 2 aromatic rings. The van der Waals surface area contributed by atoms with Crippen LogP contribution in [0, 0.1) is 0 Å². The molecular formula is C21H18OS. The molecule has 0 N–H and O–H groups in total.